The zero-order chi connectivity index (χ0) is 7.61. The Bertz CT molecular complexity index is 110. The largest absolute Gasteiger partial charge is 0.299 e. The molecule has 0 aromatic carbocycles. The maximum atomic E-state index is 5.17. The van der Waals surface area contributed by atoms with Gasteiger partial charge in [-0.1, -0.05) is 13.8 Å². The first-order valence-corrected chi connectivity index (χ1v) is 4.42. The van der Waals surface area contributed by atoms with Gasteiger partial charge in [0.05, 0.1) is 24.4 Å². The fraction of sp³-hybridized carbons (Fsp3) is 1.00. The third kappa shape index (κ3) is 2.15. The first-order chi connectivity index (χ1) is 4.62. The topological polar surface area (TPSA) is 21.3 Å². The van der Waals surface area contributed by atoms with Gasteiger partial charge in [-0.2, -0.15) is 0 Å². The van der Waals surface area contributed by atoms with Gasteiger partial charge in [0.15, 0.2) is 0 Å². The lowest BCUT2D eigenvalue weighted by Crippen LogP contribution is -2.37. The third-order valence-corrected chi connectivity index (χ3v) is 2.40. The highest BCUT2D eigenvalue weighted by Crippen LogP contribution is 2.26. The van der Waals surface area contributed by atoms with Crippen molar-refractivity contribution in [1.29, 1.82) is 0 Å². The van der Waals surface area contributed by atoms with Gasteiger partial charge in [-0.15, -0.1) is 0 Å². The maximum absolute atomic E-state index is 5.17. The van der Waals surface area contributed by atoms with Crippen LogP contribution in [0, 0.1) is 5.92 Å². The van der Waals surface area contributed by atoms with Crippen molar-refractivity contribution in [3.8, 4) is 0 Å². The van der Waals surface area contributed by atoms with Gasteiger partial charge in [-0.25, -0.2) is 4.72 Å². The minimum Gasteiger partial charge on any atom is -0.299 e. The molecule has 0 aromatic heterocycles. The van der Waals surface area contributed by atoms with Crippen LogP contribution in [0.15, 0.2) is 0 Å². The molecule has 0 radical (unpaired) electrons. The van der Waals surface area contributed by atoms with E-state index in [0.717, 1.165) is 12.5 Å². The molecule has 0 unspecified atom stereocenters. The normalized spacial score (nSPS) is 33.6. The van der Waals surface area contributed by atoms with Gasteiger partial charge < -0.3 is 0 Å². The molecule has 1 atom stereocenters. The highest BCUT2D eigenvalue weighted by molar-refractivity contribution is 7.92. The highest BCUT2D eigenvalue weighted by atomic mass is 32.2. The fourth-order valence-corrected chi connectivity index (χ4v) is 2.04. The SMILES string of the molecule is CC(C)C[C@@]1(C)COSN1. The summed E-state index contributed by atoms with van der Waals surface area (Å²) in [7, 11) is 0. The molecule has 0 aromatic rings. The van der Waals surface area contributed by atoms with Crippen LogP contribution in [0.4, 0.5) is 0 Å². The van der Waals surface area contributed by atoms with Crippen molar-refractivity contribution in [2.24, 2.45) is 5.92 Å². The molecule has 1 N–H and O–H groups in total. The summed E-state index contributed by atoms with van der Waals surface area (Å²) in [5.41, 5.74) is 0.207. The lowest BCUT2D eigenvalue weighted by atomic mass is 9.93. The molecule has 1 heterocycles. The smallest absolute Gasteiger partial charge is 0.0817 e. The molecule has 2 nitrogen and oxygen atoms in total. The van der Waals surface area contributed by atoms with Crippen molar-refractivity contribution >= 4 is 12.2 Å². The molecular formula is C7H15NOS. The molecule has 3 heteroatoms. The van der Waals surface area contributed by atoms with Crippen LogP contribution in [-0.2, 0) is 4.18 Å². The Hall–Kier alpha value is 0.270. The molecular weight excluding hydrogens is 146 g/mol. The summed E-state index contributed by atoms with van der Waals surface area (Å²) in [6, 6.07) is 0. The van der Waals surface area contributed by atoms with Gasteiger partial charge >= 0.3 is 0 Å². The van der Waals surface area contributed by atoms with Crippen LogP contribution in [-0.4, -0.2) is 12.1 Å². The average Bonchev–Trinajstić information content (AvgIpc) is 2.12. The van der Waals surface area contributed by atoms with E-state index in [2.05, 4.69) is 25.5 Å². The molecule has 0 saturated carbocycles. The molecule has 1 fully saturated rings. The first-order valence-electron chi connectivity index (χ1n) is 3.68. The number of hydrogen-bond acceptors (Lipinski definition) is 3. The van der Waals surface area contributed by atoms with Crippen LogP contribution >= 0.6 is 12.2 Å². The standard InChI is InChI=1S/C7H15NOS/c1-6(2)4-7(3)5-9-10-8-7/h6,8H,4-5H2,1-3H3/t7-/m0/s1. The van der Waals surface area contributed by atoms with Crippen molar-refractivity contribution in [2.75, 3.05) is 6.61 Å². The molecule has 0 spiro atoms. The minimum absolute atomic E-state index is 0.207. The van der Waals surface area contributed by atoms with Gasteiger partial charge in [-0.3, -0.25) is 4.18 Å². The molecule has 10 heavy (non-hydrogen) atoms. The predicted octanol–water partition coefficient (Wildman–Crippen LogP) is 1.97. The van der Waals surface area contributed by atoms with Crippen molar-refractivity contribution in [3.05, 3.63) is 0 Å². The van der Waals surface area contributed by atoms with Crippen molar-refractivity contribution in [3.63, 3.8) is 0 Å². The fourth-order valence-electron chi connectivity index (χ4n) is 1.32. The highest BCUT2D eigenvalue weighted by Gasteiger charge is 2.30. The zero-order valence-electron chi connectivity index (χ0n) is 6.81. The molecule has 0 bridgehead atoms. The average molecular weight is 161 g/mol. The Morgan fingerprint density at radius 3 is 2.80 bits per heavy atom. The summed E-state index contributed by atoms with van der Waals surface area (Å²) in [5, 5.41) is 0. The van der Waals surface area contributed by atoms with Crippen molar-refractivity contribution in [1.82, 2.24) is 4.72 Å². The van der Waals surface area contributed by atoms with Gasteiger partial charge in [0.25, 0.3) is 0 Å². The van der Waals surface area contributed by atoms with E-state index < -0.39 is 0 Å². The Morgan fingerprint density at radius 1 is 1.70 bits per heavy atom. The Balaban J connectivity index is 2.36. The second-order valence-corrected chi connectivity index (χ2v) is 4.21. The molecule has 60 valence electrons. The van der Waals surface area contributed by atoms with Crippen LogP contribution in [0.1, 0.15) is 27.2 Å². The van der Waals surface area contributed by atoms with E-state index >= 15 is 0 Å². The molecule has 0 amide bonds. The van der Waals surface area contributed by atoms with Crippen LogP contribution in [0.3, 0.4) is 0 Å². The van der Waals surface area contributed by atoms with Crippen molar-refractivity contribution < 1.29 is 4.18 Å². The Labute approximate surface area is 67.1 Å². The van der Waals surface area contributed by atoms with E-state index in [1.807, 2.05) is 0 Å². The van der Waals surface area contributed by atoms with Crippen LogP contribution in [0.25, 0.3) is 0 Å². The van der Waals surface area contributed by atoms with Crippen LogP contribution in [0.5, 0.6) is 0 Å². The quantitative estimate of drug-likeness (QED) is 0.494. The van der Waals surface area contributed by atoms with Crippen LogP contribution < -0.4 is 4.72 Å². The number of rotatable bonds is 2. The lowest BCUT2D eigenvalue weighted by Gasteiger charge is -2.22. The molecule has 1 saturated heterocycles. The van der Waals surface area contributed by atoms with E-state index in [-0.39, 0.29) is 5.54 Å². The number of hydrogen-bond donors (Lipinski definition) is 1. The van der Waals surface area contributed by atoms with Crippen LogP contribution in [0.2, 0.25) is 0 Å². The van der Waals surface area contributed by atoms with E-state index in [1.54, 1.807) is 0 Å². The minimum atomic E-state index is 0.207. The predicted molar refractivity (Wildman–Crippen MR) is 44.5 cm³/mol. The first kappa shape index (κ1) is 8.37. The third-order valence-electron chi connectivity index (χ3n) is 1.58. The monoisotopic (exact) mass is 161 g/mol. The summed E-state index contributed by atoms with van der Waals surface area (Å²) in [6.45, 7) is 7.49. The Kier molecular flexibility index (Phi) is 2.61. The summed E-state index contributed by atoms with van der Waals surface area (Å²) < 4.78 is 8.43. The second kappa shape index (κ2) is 3.11. The maximum Gasteiger partial charge on any atom is 0.0817 e. The van der Waals surface area contributed by atoms with Gasteiger partial charge in [0.1, 0.15) is 0 Å². The number of nitrogens with one attached hydrogen (secondary N) is 1. The summed E-state index contributed by atoms with van der Waals surface area (Å²) in [6.07, 6.45) is 1.18. The van der Waals surface area contributed by atoms with E-state index in [1.165, 1.54) is 18.6 Å². The lowest BCUT2D eigenvalue weighted by molar-refractivity contribution is 0.260. The molecule has 1 rings (SSSR count). The molecule has 1 aliphatic rings. The zero-order valence-corrected chi connectivity index (χ0v) is 7.62. The van der Waals surface area contributed by atoms with E-state index in [0.29, 0.717) is 0 Å². The van der Waals surface area contributed by atoms with Gasteiger partial charge in [0, 0.05) is 0 Å². The second-order valence-electron chi connectivity index (χ2n) is 3.61. The summed E-state index contributed by atoms with van der Waals surface area (Å²) >= 11 is 1.37. The Morgan fingerprint density at radius 2 is 2.40 bits per heavy atom. The van der Waals surface area contributed by atoms with Gasteiger partial charge in [-0.05, 0) is 19.3 Å². The van der Waals surface area contributed by atoms with Gasteiger partial charge in [0.2, 0.25) is 0 Å². The van der Waals surface area contributed by atoms with Crippen molar-refractivity contribution in [2.45, 2.75) is 32.7 Å². The summed E-state index contributed by atoms with van der Waals surface area (Å²) in [4.78, 5) is 0. The molecule has 0 aliphatic carbocycles. The van der Waals surface area contributed by atoms with E-state index in [4.69, 9.17) is 4.18 Å². The van der Waals surface area contributed by atoms with E-state index in [9.17, 15) is 0 Å². The summed E-state index contributed by atoms with van der Waals surface area (Å²) in [5.74, 6) is 0.736. The molecule has 1 aliphatic heterocycles.